The van der Waals surface area contributed by atoms with Gasteiger partial charge in [-0.15, -0.1) is 0 Å². The summed E-state index contributed by atoms with van der Waals surface area (Å²) in [5.41, 5.74) is 3.84. The van der Waals surface area contributed by atoms with Crippen LogP contribution in [0.1, 0.15) is 22.7 Å². The number of aryl methyl sites for hydroxylation is 1. The maximum atomic E-state index is 6.26. The van der Waals surface area contributed by atoms with Crippen LogP contribution in [0.15, 0.2) is 48.5 Å². The summed E-state index contributed by atoms with van der Waals surface area (Å²) in [6.45, 7) is 2.15. The van der Waals surface area contributed by atoms with Crippen LogP contribution in [0.2, 0.25) is 5.02 Å². The first-order chi connectivity index (χ1) is 8.72. The van der Waals surface area contributed by atoms with Crippen LogP contribution in [0.3, 0.4) is 0 Å². The minimum atomic E-state index is 0.250. The molecular weight excluding hydrogens is 242 g/mol. The van der Waals surface area contributed by atoms with Crippen molar-refractivity contribution in [3.8, 4) is 0 Å². The molecule has 0 saturated carbocycles. The fraction of sp³-hybridized carbons (Fsp3) is 0.250. The first-order valence-electron chi connectivity index (χ1n) is 6.18. The van der Waals surface area contributed by atoms with E-state index >= 15 is 0 Å². The largest absolute Gasteiger partial charge is 0.313 e. The maximum absolute atomic E-state index is 6.26. The topological polar surface area (TPSA) is 12.0 Å². The van der Waals surface area contributed by atoms with Crippen LogP contribution in [0, 0.1) is 6.92 Å². The second-order valence-corrected chi connectivity index (χ2v) is 4.90. The predicted molar refractivity (Wildman–Crippen MR) is 78.1 cm³/mol. The average molecular weight is 260 g/mol. The van der Waals surface area contributed by atoms with E-state index in [1.165, 1.54) is 11.1 Å². The van der Waals surface area contributed by atoms with Crippen LogP contribution < -0.4 is 5.32 Å². The van der Waals surface area contributed by atoms with E-state index in [1.54, 1.807) is 0 Å². The van der Waals surface area contributed by atoms with Gasteiger partial charge in [0.1, 0.15) is 0 Å². The van der Waals surface area contributed by atoms with Crippen LogP contribution in [-0.4, -0.2) is 7.05 Å². The molecule has 0 heterocycles. The molecule has 0 bridgehead atoms. The zero-order chi connectivity index (χ0) is 13.0. The first kappa shape index (κ1) is 13.1. The summed E-state index contributed by atoms with van der Waals surface area (Å²) in [6, 6.07) is 16.8. The number of halogens is 1. The molecule has 1 N–H and O–H groups in total. The molecule has 2 heteroatoms. The fourth-order valence-electron chi connectivity index (χ4n) is 2.18. The van der Waals surface area contributed by atoms with Crippen LogP contribution >= 0.6 is 11.6 Å². The smallest absolute Gasteiger partial charge is 0.0453 e. The standard InChI is InChI=1S/C16H18ClN/c1-12-7-3-4-8-13(12)11-16(18-2)14-9-5-6-10-15(14)17/h3-10,16,18H,11H2,1-2H3. The Kier molecular flexibility index (Phi) is 4.40. The lowest BCUT2D eigenvalue weighted by molar-refractivity contribution is 0.591. The molecular formula is C16H18ClN. The van der Waals surface area contributed by atoms with E-state index in [9.17, 15) is 0 Å². The summed E-state index contributed by atoms with van der Waals surface area (Å²) in [5, 5.41) is 4.17. The predicted octanol–water partition coefficient (Wildman–Crippen LogP) is 4.15. The summed E-state index contributed by atoms with van der Waals surface area (Å²) in [7, 11) is 1.98. The molecule has 2 aromatic rings. The Morgan fingerprint density at radius 3 is 2.39 bits per heavy atom. The normalized spacial score (nSPS) is 12.4. The molecule has 1 unspecified atom stereocenters. The summed E-state index contributed by atoms with van der Waals surface area (Å²) in [4.78, 5) is 0. The molecule has 18 heavy (non-hydrogen) atoms. The van der Waals surface area contributed by atoms with Gasteiger partial charge in [0, 0.05) is 11.1 Å². The van der Waals surface area contributed by atoms with Gasteiger partial charge < -0.3 is 5.32 Å². The molecule has 0 aliphatic carbocycles. The third kappa shape index (κ3) is 2.92. The first-order valence-corrected chi connectivity index (χ1v) is 6.56. The summed E-state index contributed by atoms with van der Waals surface area (Å²) < 4.78 is 0. The third-order valence-electron chi connectivity index (χ3n) is 3.31. The molecule has 94 valence electrons. The van der Waals surface area contributed by atoms with Crippen LogP contribution in [-0.2, 0) is 6.42 Å². The Morgan fingerprint density at radius 2 is 1.72 bits per heavy atom. The van der Waals surface area contributed by atoms with Crippen molar-refractivity contribution in [2.24, 2.45) is 0 Å². The van der Waals surface area contributed by atoms with Gasteiger partial charge in [-0.3, -0.25) is 0 Å². The van der Waals surface area contributed by atoms with E-state index < -0.39 is 0 Å². The number of hydrogen-bond donors (Lipinski definition) is 1. The van der Waals surface area contributed by atoms with E-state index in [4.69, 9.17) is 11.6 Å². The second-order valence-electron chi connectivity index (χ2n) is 4.49. The molecule has 2 rings (SSSR count). The van der Waals surface area contributed by atoms with Crippen LogP contribution in [0.5, 0.6) is 0 Å². The van der Waals surface area contributed by atoms with E-state index in [-0.39, 0.29) is 6.04 Å². The molecule has 0 aliphatic heterocycles. The summed E-state index contributed by atoms with van der Waals surface area (Å²) in [5.74, 6) is 0. The lowest BCUT2D eigenvalue weighted by Crippen LogP contribution is -2.19. The quantitative estimate of drug-likeness (QED) is 0.870. The lowest BCUT2D eigenvalue weighted by atomic mass is 9.96. The SMILES string of the molecule is CNC(Cc1ccccc1C)c1ccccc1Cl. The van der Waals surface area contributed by atoms with Crippen molar-refractivity contribution < 1.29 is 0 Å². The summed E-state index contributed by atoms with van der Waals surface area (Å²) in [6.07, 6.45) is 0.951. The Hall–Kier alpha value is -1.31. The van der Waals surface area contributed by atoms with Crippen molar-refractivity contribution in [1.29, 1.82) is 0 Å². The molecule has 1 atom stereocenters. The van der Waals surface area contributed by atoms with Gasteiger partial charge in [-0.1, -0.05) is 54.1 Å². The molecule has 0 aromatic heterocycles. The van der Waals surface area contributed by atoms with Gasteiger partial charge in [0.25, 0.3) is 0 Å². The highest BCUT2D eigenvalue weighted by atomic mass is 35.5. The van der Waals surface area contributed by atoms with Gasteiger partial charge in [-0.2, -0.15) is 0 Å². The minimum absolute atomic E-state index is 0.250. The highest BCUT2D eigenvalue weighted by Crippen LogP contribution is 2.26. The van der Waals surface area contributed by atoms with Gasteiger partial charge in [0.15, 0.2) is 0 Å². The monoisotopic (exact) mass is 259 g/mol. The second kappa shape index (κ2) is 6.03. The molecule has 2 aromatic carbocycles. The number of hydrogen-bond acceptors (Lipinski definition) is 1. The molecule has 0 fully saturated rings. The van der Waals surface area contributed by atoms with Crippen LogP contribution in [0.4, 0.5) is 0 Å². The molecule has 1 nitrogen and oxygen atoms in total. The number of likely N-dealkylation sites (N-methyl/N-ethyl adjacent to an activating group) is 1. The number of nitrogens with one attached hydrogen (secondary N) is 1. The zero-order valence-corrected chi connectivity index (χ0v) is 11.5. The lowest BCUT2D eigenvalue weighted by Gasteiger charge is -2.19. The van der Waals surface area contributed by atoms with E-state index in [1.807, 2.05) is 25.2 Å². The van der Waals surface area contributed by atoms with Gasteiger partial charge in [0.05, 0.1) is 0 Å². The molecule has 0 amide bonds. The van der Waals surface area contributed by atoms with Crippen molar-refractivity contribution >= 4 is 11.6 Å². The highest BCUT2D eigenvalue weighted by molar-refractivity contribution is 6.31. The molecule has 0 radical (unpaired) electrons. The molecule has 0 saturated heterocycles. The van der Waals surface area contributed by atoms with Gasteiger partial charge >= 0.3 is 0 Å². The van der Waals surface area contributed by atoms with Crippen molar-refractivity contribution in [1.82, 2.24) is 5.32 Å². The van der Waals surface area contributed by atoms with E-state index in [0.29, 0.717) is 0 Å². The van der Waals surface area contributed by atoms with Crippen LogP contribution in [0.25, 0.3) is 0 Å². The fourth-order valence-corrected chi connectivity index (χ4v) is 2.45. The number of benzene rings is 2. The molecule has 0 aliphatic rings. The van der Waals surface area contributed by atoms with Gasteiger partial charge in [-0.25, -0.2) is 0 Å². The Bertz CT molecular complexity index is 522. The molecule has 0 spiro atoms. The Morgan fingerprint density at radius 1 is 1.06 bits per heavy atom. The van der Waals surface area contributed by atoms with Crippen molar-refractivity contribution in [3.63, 3.8) is 0 Å². The van der Waals surface area contributed by atoms with E-state index in [2.05, 4.69) is 42.6 Å². The maximum Gasteiger partial charge on any atom is 0.0453 e. The summed E-state index contributed by atoms with van der Waals surface area (Å²) >= 11 is 6.26. The Balaban J connectivity index is 2.26. The van der Waals surface area contributed by atoms with Crippen molar-refractivity contribution in [3.05, 3.63) is 70.2 Å². The highest BCUT2D eigenvalue weighted by Gasteiger charge is 2.13. The average Bonchev–Trinajstić information content (AvgIpc) is 2.39. The van der Waals surface area contributed by atoms with Crippen molar-refractivity contribution in [2.75, 3.05) is 7.05 Å². The zero-order valence-electron chi connectivity index (χ0n) is 10.8. The van der Waals surface area contributed by atoms with Gasteiger partial charge in [0.2, 0.25) is 0 Å². The number of rotatable bonds is 4. The van der Waals surface area contributed by atoms with Crippen molar-refractivity contribution in [2.45, 2.75) is 19.4 Å². The van der Waals surface area contributed by atoms with Gasteiger partial charge in [-0.05, 0) is 43.1 Å². The third-order valence-corrected chi connectivity index (χ3v) is 3.66. The Labute approximate surface area is 114 Å². The van der Waals surface area contributed by atoms with E-state index in [0.717, 1.165) is 17.0 Å². The minimum Gasteiger partial charge on any atom is -0.313 e.